The van der Waals surface area contributed by atoms with E-state index in [1.54, 1.807) is 23.9 Å². The molecule has 0 aliphatic rings. The van der Waals surface area contributed by atoms with E-state index in [4.69, 9.17) is 11.6 Å². The molecule has 0 N–H and O–H groups in total. The highest BCUT2D eigenvalue weighted by molar-refractivity contribution is 9.10. The summed E-state index contributed by atoms with van der Waals surface area (Å²) in [4.78, 5) is 0. The van der Waals surface area contributed by atoms with E-state index in [1.165, 1.54) is 6.07 Å². The molecule has 0 atom stereocenters. The molecule has 0 radical (unpaired) electrons. The first-order valence-electron chi connectivity index (χ1n) is 4.66. The summed E-state index contributed by atoms with van der Waals surface area (Å²) >= 11 is 9.41. The average Bonchev–Trinajstić information content (AvgIpc) is 2.44. The molecule has 1 aromatic carbocycles. The lowest BCUT2D eigenvalue weighted by molar-refractivity contribution is 0.628. The smallest absolute Gasteiger partial charge is 0.134 e. The van der Waals surface area contributed by atoms with Gasteiger partial charge in [-0.1, -0.05) is 17.7 Å². The van der Waals surface area contributed by atoms with E-state index >= 15 is 0 Å². The van der Waals surface area contributed by atoms with Crippen molar-refractivity contribution in [2.75, 3.05) is 0 Å². The average molecular weight is 304 g/mol. The topological polar surface area (TPSA) is 17.8 Å². The quantitative estimate of drug-likeness (QED) is 0.780. The molecule has 0 aliphatic carbocycles. The van der Waals surface area contributed by atoms with E-state index in [9.17, 15) is 4.39 Å². The Balaban J connectivity index is 2.77. The van der Waals surface area contributed by atoms with Crippen LogP contribution in [0.15, 0.2) is 22.7 Å². The van der Waals surface area contributed by atoms with Gasteiger partial charge in [0.25, 0.3) is 0 Å². The van der Waals surface area contributed by atoms with Crippen molar-refractivity contribution in [3.63, 3.8) is 0 Å². The molecule has 5 heteroatoms. The minimum atomic E-state index is -0.351. The fraction of sp³-hybridized carbons (Fsp3) is 0.182. The third-order valence-electron chi connectivity index (χ3n) is 2.35. The monoisotopic (exact) mass is 302 g/mol. The lowest BCUT2D eigenvalue weighted by Crippen LogP contribution is -1.96. The molecule has 0 aliphatic heterocycles. The van der Waals surface area contributed by atoms with E-state index in [-0.39, 0.29) is 5.82 Å². The Labute approximate surface area is 106 Å². The fourth-order valence-corrected chi connectivity index (χ4v) is 2.41. The molecule has 2 nitrogen and oxygen atoms in total. The number of hydrogen-bond donors (Lipinski definition) is 0. The highest BCUT2D eigenvalue weighted by Crippen LogP contribution is 2.36. The molecule has 0 amide bonds. The number of rotatable bonds is 1. The highest BCUT2D eigenvalue weighted by Gasteiger charge is 2.18. The Morgan fingerprint density at radius 1 is 1.44 bits per heavy atom. The van der Waals surface area contributed by atoms with Gasteiger partial charge in [-0.3, -0.25) is 4.68 Å². The van der Waals surface area contributed by atoms with Crippen LogP contribution in [0.5, 0.6) is 0 Å². The van der Waals surface area contributed by atoms with Crippen molar-refractivity contribution in [3.8, 4) is 11.3 Å². The third kappa shape index (κ3) is 1.76. The lowest BCUT2D eigenvalue weighted by atomic mass is 10.1. The molecule has 1 heterocycles. The number of aromatic nitrogens is 2. The molecule has 0 bridgehead atoms. The Bertz CT molecular complexity index is 531. The van der Waals surface area contributed by atoms with Crippen LogP contribution in [-0.2, 0) is 7.05 Å². The summed E-state index contributed by atoms with van der Waals surface area (Å²) < 4.78 is 16.1. The number of halogens is 3. The van der Waals surface area contributed by atoms with Crippen LogP contribution >= 0.6 is 27.5 Å². The zero-order valence-corrected chi connectivity index (χ0v) is 11.1. The molecular weight excluding hydrogens is 294 g/mol. The van der Waals surface area contributed by atoms with Gasteiger partial charge >= 0.3 is 0 Å². The van der Waals surface area contributed by atoms with Gasteiger partial charge in [0.05, 0.1) is 26.4 Å². The molecule has 0 unspecified atom stereocenters. The molecule has 84 valence electrons. The van der Waals surface area contributed by atoms with Crippen molar-refractivity contribution in [3.05, 3.63) is 39.2 Å². The molecule has 1 aromatic heterocycles. The summed E-state index contributed by atoms with van der Waals surface area (Å²) in [6.45, 7) is 1.85. The second-order valence-corrected chi connectivity index (χ2v) is 4.67. The molecule has 2 rings (SSSR count). The van der Waals surface area contributed by atoms with Gasteiger partial charge in [-0.15, -0.1) is 0 Å². The highest BCUT2D eigenvalue weighted by atomic mass is 79.9. The normalized spacial score (nSPS) is 10.8. The number of aryl methyl sites for hydroxylation is 2. The zero-order valence-electron chi connectivity index (χ0n) is 8.76. The first kappa shape index (κ1) is 11.6. The van der Waals surface area contributed by atoms with Crippen LogP contribution in [0.25, 0.3) is 11.3 Å². The second-order valence-electron chi connectivity index (χ2n) is 3.47. The maximum atomic E-state index is 13.8. The minimum Gasteiger partial charge on any atom is -0.266 e. The van der Waals surface area contributed by atoms with Crippen LogP contribution in [0, 0.1) is 12.7 Å². The van der Waals surface area contributed by atoms with Crippen LogP contribution in [0.4, 0.5) is 4.39 Å². The zero-order chi connectivity index (χ0) is 11.9. The van der Waals surface area contributed by atoms with Crippen LogP contribution in [0.1, 0.15) is 5.69 Å². The summed E-state index contributed by atoms with van der Waals surface area (Å²) in [6, 6.07) is 4.63. The van der Waals surface area contributed by atoms with Crippen molar-refractivity contribution in [1.29, 1.82) is 0 Å². The van der Waals surface area contributed by atoms with Gasteiger partial charge in [0.2, 0.25) is 0 Å². The SMILES string of the molecule is Cc1nn(C)c(-c2c(F)cccc2Cl)c1Br. The summed E-state index contributed by atoms with van der Waals surface area (Å²) in [5.74, 6) is -0.351. The van der Waals surface area contributed by atoms with Gasteiger partial charge in [-0.25, -0.2) is 4.39 Å². The van der Waals surface area contributed by atoms with Gasteiger partial charge in [-0.2, -0.15) is 5.10 Å². The number of benzene rings is 1. The van der Waals surface area contributed by atoms with Gasteiger partial charge in [-0.05, 0) is 35.0 Å². The van der Waals surface area contributed by atoms with Crippen LogP contribution in [0.3, 0.4) is 0 Å². The second kappa shape index (κ2) is 4.18. The number of hydrogen-bond acceptors (Lipinski definition) is 1. The molecule has 0 saturated carbocycles. The lowest BCUT2D eigenvalue weighted by Gasteiger charge is -2.06. The Kier molecular flexibility index (Phi) is 3.04. The van der Waals surface area contributed by atoms with Crippen LogP contribution < -0.4 is 0 Å². The standard InChI is InChI=1S/C11H9BrClFN2/c1-6-10(12)11(16(2)15-6)9-7(13)4-3-5-8(9)14/h3-5H,1-2H3. The molecule has 16 heavy (non-hydrogen) atoms. The van der Waals surface area contributed by atoms with E-state index in [0.717, 1.165) is 10.2 Å². The van der Waals surface area contributed by atoms with Crippen LogP contribution in [0.2, 0.25) is 5.02 Å². The largest absolute Gasteiger partial charge is 0.266 e. The molecule has 0 spiro atoms. The Morgan fingerprint density at radius 3 is 2.62 bits per heavy atom. The summed E-state index contributed by atoms with van der Waals surface area (Å²) in [5.41, 5.74) is 1.83. The predicted octanol–water partition coefficient (Wildman–Crippen LogP) is 3.95. The van der Waals surface area contributed by atoms with E-state index < -0.39 is 0 Å². The molecule has 0 fully saturated rings. The minimum absolute atomic E-state index is 0.351. The molecule has 0 saturated heterocycles. The van der Waals surface area contributed by atoms with Gasteiger partial charge in [0, 0.05) is 7.05 Å². The first-order chi connectivity index (χ1) is 7.52. The summed E-state index contributed by atoms with van der Waals surface area (Å²) in [7, 11) is 1.76. The maximum Gasteiger partial charge on any atom is 0.134 e. The van der Waals surface area contributed by atoms with E-state index in [1.807, 2.05) is 6.92 Å². The van der Waals surface area contributed by atoms with E-state index in [2.05, 4.69) is 21.0 Å². The van der Waals surface area contributed by atoms with Crippen molar-refractivity contribution in [2.24, 2.45) is 7.05 Å². The first-order valence-corrected chi connectivity index (χ1v) is 5.83. The fourth-order valence-electron chi connectivity index (χ4n) is 1.63. The third-order valence-corrected chi connectivity index (χ3v) is 3.61. The number of nitrogens with zero attached hydrogens (tertiary/aromatic N) is 2. The maximum absolute atomic E-state index is 13.8. The summed E-state index contributed by atoms with van der Waals surface area (Å²) in [6.07, 6.45) is 0. The Hall–Kier alpha value is -0.870. The van der Waals surface area contributed by atoms with E-state index in [0.29, 0.717) is 16.3 Å². The van der Waals surface area contributed by atoms with Gasteiger partial charge in [0.1, 0.15) is 5.82 Å². The van der Waals surface area contributed by atoms with Gasteiger partial charge < -0.3 is 0 Å². The van der Waals surface area contributed by atoms with Crippen molar-refractivity contribution in [1.82, 2.24) is 9.78 Å². The van der Waals surface area contributed by atoms with Crippen molar-refractivity contribution in [2.45, 2.75) is 6.92 Å². The molecular formula is C11H9BrClFN2. The molecule has 2 aromatic rings. The van der Waals surface area contributed by atoms with Crippen molar-refractivity contribution < 1.29 is 4.39 Å². The van der Waals surface area contributed by atoms with Crippen LogP contribution in [-0.4, -0.2) is 9.78 Å². The Morgan fingerprint density at radius 2 is 2.12 bits per heavy atom. The van der Waals surface area contributed by atoms with Gasteiger partial charge in [0.15, 0.2) is 0 Å². The van der Waals surface area contributed by atoms with Crippen molar-refractivity contribution >= 4 is 27.5 Å². The predicted molar refractivity (Wildman–Crippen MR) is 66.0 cm³/mol. The summed E-state index contributed by atoms with van der Waals surface area (Å²) in [5, 5.41) is 4.59.